The molecule has 0 bridgehead atoms. The molecule has 2 heterocycles. The summed E-state index contributed by atoms with van der Waals surface area (Å²) in [5.74, 6) is 0.200. The van der Waals surface area contributed by atoms with Crippen LogP contribution in [0.15, 0.2) is 92.9 Å². The summed E-state index contributed by atoms with van der Waals surface area (Å²) >= 11 is 0. The molecule has 0 aliphatic heterocycles. The van der Waals surface area contributed by atoms with Crippen molar-refractivity contribution in [3.63, 3.8) is 0 Å². The van der Waals surface area contributed by atoms with Crippen LogP contribution in [-0.2, 0) is 13.0 Å². The van der Waals surface area contributed by atoms with Crippen LogP contribution in [0, 0.1) is 10.1 Å². The molecule has 0 aliphatic carbocycles. The standard InChI is InChI=1S/C25H17N3O5/c29-22-19-11-4-5-12-20(19)33-24-21(22)25(30)27(14-13-16-7-2-1-3-8-16)23(26-24)17-9-6-10-18(15-17)28(31)32/h1-12,15H,13-14H2. The SMILES string of the molecule is O=c1c2ccccc2oc2nc(-c3cccc([N+](=O)[O-])c3)n(CCc3ccccc3)c(=O)c12. The lowest BCUT2D eigenvalue weighted by atomic mass is 10.1. The third-order valence-corrected chi connectivity index (χ3v) is 5.48. The first-order valence-corrected chi connectivity index (χ1v) is 10.3. The van der Waals surface area contributed by atoms with E-state index in [0.29, 0.717) is 23.0 Å². The Morgan fingerprint density at radius 3 is 2.48 bits per heavy atom. The molecule has 0 spiro atoms. The first-order valence-electron chi connectivity index (χ1n) is 10.3. The van der Waals surface area contributed by atoms with Crippen LogP contribution in [0.3, 0.4) is 0 Å². The van der Waals surface area contributed by atoms with Gasteiger partial charge in [0, 0.05) is 24.2 Å². The largest absolute Gasteiger partial charge is 0.437 e. The number of hydrogen-bond acceptors (Lipinski definition) is 6. The van der Waals surface area contributed by atoms with Crippen molar-refractivity contribution in [3.05, 3.63) is 115 Å². The highest BCUT2D eigenvalue weighted by atomic mass is 16.6. The number of nitro benzene ring substituents is 1. The van der Waals surface area contributed by atoms with E-state index < -0.39 is 15.9 Å². The Balaban J connectivity index is 1.78. The van der Waals surface area contributed by atoms with Crippen molar-refractivity contribution in [2.75, 3.05) is 0 Å². The summed E-state index contributed by atoms with van der Waals surface area (Å²) in [6.45, 7) is 0.232. The van der Waals surface area contributed by atoms with Crippen LogP contribution in [0.25, 0.3) is 33.5 Å². The Morgan fingerprint density at radius 1 is 0.939 bits per heavy atom. The zero-order valence-electron chi connectivity index (χ0n) is 17.3. The molecule has 0 N–H and O–H groups in total. The van der Waals surface area contributed by atoms with Crippen molar-refractivity contribution in [1.29, 1.82) is 0 Å². The molecule has 8 nitrogen and oxygen atoms in total. The first-order chi connectivity index (χ1) is 16.0. The smallest absolute Gasteiger partial charge is 0.270 e. The molecule has 5 aromatic rings. The molecule has 0 fully saturated rings. The van der Waals surface area contributed by atoms with Crippen molar-refractivity contribution in [3.8, 4) is 11.4 Å². The van der Waals surface area contributed by atoms with Crippen LogP contribution in [0.1, 0.15) is 5.56 Å². The van der Waals surface area contributed by atoms with Gasteiger partial charge in [0.05, 0.1) is 10.3 Å². The zero-order valence-corrected chi connectivity index (χ0v) is 17.3. The van der Waals surface area contributed by atoms with Gasteiger partial charge in [-0.25, -0.2) is 0 Å². The van der Waals surface area contributed by atoms with Gasteiger partial charge in [-0.1, -0.05) is 54.6 Å². The van der Waals surface area contributed by atoms with Crippen molar-refractivity contribution in [1.82, 2.24) is 9.55 Å². The number of hydrogen-bond donors (Lipinski definition) is 0. The molecule has 8 heteroatoms. The van der Waals surface area contributed by atoms with E-state index >= 15 is 0 Å². The van der Waals surface area contributed by atoms with Crippen LogP contribution in [-0.4, -0.2) is 14.5 Å². The number of rotatable bonds is 5. The summed E-state index contributed by atoms with van der Waals surface area (Å²) in [4.78, 5) is 42.0. The fourth-order valence-electron chi connectivity index (χ4n) is 3.86. The molecule has 33 heavy (non-hydrogen) atoms. The topological polar surface area (TPSA) is 108 Å². The van der Waals surface area contributed by atoms with Crippen LogP contribution in [0.4, 0.5) is 5.69 Å². The summed E-state index contributed by atoms with van der Waals surface area (Å²) in [7, 11) is 0. The monoisotopic (exact) mass is 439 g/mol. The second-order valence-corrected chi connectivity index (χ2v) is 7.54. The van der Waals surface area contributed by atoms with E-state index in [9.17, 15) is 19.7 Å². The number of aromatic nitrogens is 2. The number of fused-ring (bicyclic) bond motifs is 2. The maximum absolute atomic E-state index is 13.6. The van der Waals surface area contributed by atoms with Crippen LogP contribution < -0.4 is 11.0 Å². The Kier molecular flexibility index (Phi) is 5.02. The third kappa shape index (κ3) is 3.67. The van der Waals surface area contributed by atoms with E-state index in [0.717, 1.165) is 5.56 Å². The summed E-state index contributed by atoms with van der Waals surface area (Å²) in [5, 5.41) is 11.5. The van der Waals surface area contributed by atoms with Gasteiger partial charge >= 0.3 is 0 Å². The van der Waals surface area contributed by atoms with Gasteiger partial charge in [0.15, 0.2) is 5.39 Å². The number of aryl methyl sites for hydroxylation is 1. The molecule has 0 amide bonds. The van der Waals surface area contributed by atoms with Gasteiger partial charge in [-0.15, -0.1) is 0 Å². The molecule has 162 valence electrons. The molecule has 3 aromatic carbocycles. The zero-order chi connectivity index (χ0) is 22.9. The van der Waals surface area contributed by atoms with Crippen LogP contribution in [0.5, 0.6) is 0 Å². The Labute approximate surface area is 186 Å². The summed E-state index contributed by atoms with van der Waals surface area (Å²) in [6.07, 6.45) is 0.509. The second-order valence-electron chi connectivity index (χ2n) is 7.54. The number of non-ortho nitro benzene ring substituents is 1. The van der Waals surface area contributed by atoms with Crippen LogP contribution in [0.2, 0.25) is 0 Å². The predicted molar refractivity (Wildman–Crippen MR) is 124 cm³/mol. The molecule has 5 rings (SSSR count). The van der Waals surface area contributed by atoms with Crippen molar-refractivity contribution in [2.24, 2.45) is 0 Å². The summed E-state index contributed by atoms with van der Waals surface area (Å²) in [5.41, 5.74) is 0.471. The quantitative estimate of drug-likeness (QED) is 0.229. The van der Waals surface area contributed by atoms with Crippen molar-refractivity contribution >= 4 is 27.8 Å². The van der Waals surface area contributed by atoms with Gasteiger partial charge < -0.3 is 4.42 Å². The van der Waals surface area contributed by atoms with Gasteiger partial charge in [0.2, 0.25) is 11.1 Å². The molecule has 0 radical (unpaired) electrons. The molecular weight excluding hydrogens is 422 g/mol. The molecule has 0 aliphatic rings. The van der Waals surface area contributed by atoms with E-state index in [4.69, 9.17) is 4.42 Å². The Hall–Kier alpha value is -4.59. The number of benzene rings is 3. The van der Waals surface area contributed by atoms with Gasteiger partial charge in [-0.2, -0.15) is 4.98 Å². The fraction of sp³-hybridized carbons (Fsp3) is 0.0800. The number of nitrogens with zero attached hydrogens (tertiary/aromatic N) is 3. The van der Waals surface area contributed by atoms with Gasteiger partial charge in [0.1, 0.15) is 11.4 Å². The minimum Gasteiger partial charge on any atom is -0.437 e. The molecule has 0 unspecified atom stereocenters. The average molecular weight is 439 g/mol. The minimum atomic E-state index is -0.544. The fourth-order valence-corrected chi connectivity index (χ4v) is 3.86. The lowest BCUT2D eigenvalue weighted by Gasteiger charge is -2.13. The van der Waals surface area contributed by atoms with E-state index in [1.54, 1.807) is 30.3 Å². The summed E-state index contributed by atoms with van der Waals surface area (Å²) in [6, 6.07) is 22.1. The lowest BCUT2D eigenvalue weighted by Crippen LogP contribution is -2.28. The highest BCUT2D eigenvalue weighted by Crippen LogP contribution is 2.24. The van der Waals surface area contributed by atoms with Crippen LogP contribution >= 0.6 is 0 Å². The molecular formula is C25H17N3O5. The van der Waals surface area contributed by atoms with Gasteiger partial charge in [-0.05, 0) is 24.1 Å². The van der Waals surface area contributed by atoms with E-state index in [2.05, 4.69) is 4.98 Å². The Bertz CT molecular complexity index is 1640. The molecule has 2 aromatic heterocycles. The third-order valence-electron chi connectivity index (χ3n) is 5.48. The normalized spacial score (nSPS) is 11.2. The average Bonchev–Trinajstić information content (AvgIpc) is 2.84. The Morgan fingerprint density at radius 2 is 1.70 bits per heavy atom. The number of para-hydroxylation sites is 1. The first kappa shape index (κ1) is 20.3. The minimum absolute atomic E-state index is 0.0961. The maximum atomic E-state index is 13.6. The highest BCUT2D eigenvalue weighted by molar-refractivity contribution is 5.88. The molecule has 0 atom stereocenters. The highest BCUT2D eigenvalue weighted by Gasteiger charge is 2.20. The second kappa shape index (κ2) is 8.16. The predicted octanol–water partition coefficient (Wildman–Crippen LogP) is 4.32. The summed E-state index contributed by atoms with van der Waals surface area (Å²) < 4.78 is 7.20. The van der Waals surface area contributed by atoms with E-state index in [1.807, 2.05) is 30.3 Å². The van der Waals surface area contributed by atoms with Gasteiger partial charge in [0.25, 0.3) is 11.2 Å². The van der Waals surface area contributed by atoms with Crippen molar-refractivity contribution in [2.45, 2.75) is 13.0 Å². The van der Waals surface area contributed by atoms with E-state index in [-0.39, 0.29) is 29.2 Å². The maximum Gasteiger partial charge on any atom is 0.270 e. The van der Waals surface area contributed by atoms with E-state index in [1.165, 1.54) is 22.8 Å². The number of nitro groups is 1. The van der Waals surface area contributed by atoms with Gasteiger partial charge in [-0.3, -0.25) is 24.3 Å². The molecule has 0 saturated carbocycles. The lowest BCUT2D eigenvalue weighted by molar-refractivity contribution is -0.384. The van der Waals surface area contributed by atoms with Crippen molar-refractivity contribution < 1.29 is 9.34 Å². The molecule has 0 saturated heterocycles.